The molecule has 3 nitrogen and oxygen atoms in total. The number of rotatable bonds is 4. The molecule has 0 aromatic rings. The van der Waals surface area contributed by atoms with Gasteiger partial charge in [0.1, 0.15) is 0 Å². The second-order valence-electron chi connectivity index (χ2n) is 3.11. The maximum atomic E-state index is 11.8. The predicted octanol–water partition coefficient (Wildman–Crippen LogP) is 1.07. The summed E-state index contributed by atoms with van der Waals surface area (Å²) in [6.07, 6.45) is -6.62. The monoisotopic (exact) mass is 213 g/mol. The molecule has 0 saturated heterocycles. The van der Waals surface area contributed by atoms with E-state index in [2.05, 4.69) is 0 Å². The van der Waals surface area contributed by atoms with Crippen LogP contribution in [0.15, 0.2) is 0 Å². The zero-order valence-electron chi connectivity index (χ0n) is 8.06. The summed E-state index contributed by atoms with van der Waals surface area (Å²) in [5.41, 5.74) is 0. The van der Waals surface area contributed by atoms with Crippen molar-refractivity contribution >= 4 is 5.91 Å². The molecule has 6 heteroatoms. The number of aliphatic hydroxyl groups excluding tert-OH is 1. The molecule has 84 valence electrons. The number of hydrogen-bond donors (Lipinski definition) is 2. The van der Waals surface area contributed by atoms with Crippen molar-refractivity contribution < 1.29 is 23.1 Å². The molecule has 0 radical (unpaired) electrons. The van der Waals surface area contributed by atoms with Crippen LogP contribution >= 0.6 is 0 Å². The van der Waals surface area contributed by atoms with Gasteiger partial charge in [0.2, 0.25) is 5.91 Å². The van der Waals surface area contributed by atoms with E-state index in [4.69, 9.17) is 5.11 Å². The van der Waals surface area contributed by atoms with Gasteiger partial charge >= 0.3 is 6.18 Å². The average Bonchev–Trinajstić information content (AvgIpc) is 2.10. The van der Waals surface area contributed by atoms with Gasteiger partial charge < -0.3 is 10.4 Å². The summed E-state index contributed by atoms with van der Waals surface area (Å²) in [4.78, 5) is 11.0. The highest BCUT2D eigenvalue weighted by Gasteiger charge is 2.38. The minimum absolute atomic E-state index is 0.338. The van der Waals surface area contributed by atoms with Crippen LogP contribution in [0.3, 0.4) is 0 Å². The van der Waals surface area contributed by atoms with Crippen molar-refractivity contribution in [3.63, 3.8) is 0 Å². The van der Waals surface area contributed by atoms with E-state index in [1.165, 1.54) is 0 Å². The molecule has 0 spiro atoms. The maximum absolute atomic E-state index is 11.8. The third kappa shape index (κ3) is 4.45. The summed E-state index contributed by atoms with van der Waals surface area (Å²) in [6.45, 7) is 2.58. The predicted molar refractivity (Wildman–Crippen MR) is 44.5 cm³/mol. The Morgan fingerprint density at radius 3 is 2.36 bits per heavy atom. The SMILES string of the molecule is CCC(C)C(=O)NCC(O)C(F)(F)F. The van der Waals surface area contributed by atoms with E-state index < -0.39 is 24.7 Å². The van der Waals surface area contributed by atoms with Gasteiger partial charge in [-0.3, -0.25) is 4.79 Å². The van der Waals surface area contributed by atoms with Gasteiger partial charge in [0.05, 0.1) is 6.54 Å². The van der Waals surface area contributed by atoms with Gasteiger partial charge in [0, 0.05) is 5.92 Å². The Kier molecular flexibility index (Phi) is 4.90. The van der Waals surface area contributed by atoms with Crippen LogP contribution in [0.1, 0.15) is 20.3 Å². The van der Waals surface area contributed by atoms with Crippen LogP contribution in [-0.4, -0.2) is 29.8 Å². The van der Waals surface area contributed by atoms with Crippen LogP contribution in [0.4, 0.5) is 13.2 Å². The van der Waals surface area contributed by atoms with Crippen LogP contribution in [-0.2, 0) is 4.79 Å². The molecule has 0 aromatic carbocycles. The number of amides is 1. The number of hydrogen-bond acceptors (Lipinski definition) is 2. The average molecular weight is 213 g/mol. The summed E-state index contributed by atoms with van der Waals surface area (Å²) in [5, 5.41) is 10.6. The van der Waals surface area contributed by atoms with Crippen LogP contribution in [0.5, 0.6) is 0 Å². The molecule has 14 heavy (non-hydrogen) atoms. The highest BCUT2D eigenvalue weighted by molar-refractivity contribution is 5.78. The van der Waals surface area contributed by atoms with Gasteiger partial charge in [-0.2, -0.15) is 13.2 Å². The van der Waals surface area contributed by atoms with Crippen LogP contribution in [0.25, 0.3) is 0 Å². The molecule has 0 aliphatic heterocycles. The molecule has 1 amide bonds. The fraction of sp³-hybridized carbons (Fsp3) is 0.875. The van der Waals surface area contributed by atoms with Gasteiger partial charge in [0.25, 0.3) is 0 Å². The first-order valence-electron chi connectivity index (χ1n) is 4.31. The summed E-state index contributed by atoms with van der Waals surface area (Å²) in [6, 6.07) is 0. The molecule has 0 aliphatic carbocycles. The second-order valence-corrected chi connectivity index (χ2v) is 3.11. The lowest BCUT2D eigenvalue weighted by atomic mass is 10.1. The first-order valence-corrected chi connectivity index (χ1v) is 4.31. The van der Waals surface area contributed by atoms with Gasteiger partial charge in [0.15, 0.2) is 6.10 Å². The number of alkyl halides is 3. The minimum Gasteiger partial charge on any atom is -0.382 e. The van der Waals surface area contributed by atoms with Crippen molar-refractivity contribution in [2.45, 2.75) is 32.5 Å². The maximum Gasteiger partial charge on any atom is 0.416 e. The molecule has 0 aromatic heterocycles. The molecule has 0 rings (SSSR count). The largest absolute Gasteiger partial charge is 0.416 e. The molecule has 0 aliphatic rings. The van der Waals surface area contributed by atoms with Gasteiger partial charge in [-0.25, -0.2) is 0 Å². The van der Waals surface area contributed by atoms with Crippen molar-refractivity contribution in [3.8, 4) is 0 Å². The highest BCUT2D eigenvalue weighted by Crippen LogP contribution is 2.19. The third-order valence-electron chi connectivity index (χ3n) is 1.91. The zero-order valence-corrected chi connectivity index (χ0v) is 8.06. The molecule has 2 unspecified atom stereocenters. The number of aliphatic hydroxyl groups is 1. The Morgan fingerprint density at radius 1 is 1.50 bits per heavy atom. The summed E-state index contributed by atoms with van der Waals surface area (Å²) >= 11 is 0. The lowest BCUT2D eigenvalue weighted by molar-refractivity contribution is -0.201. The third-order valence-corrected chi connectivity index (χ3v) is 1.91. The van der Waals surface area contributed by atoms with E-state index in [0.29, 0.717) is 6.42 Å². The smallest absolute Gasteiger partial charge is 0.382 e. The summed E-state index contributed by atoms with van der Waals surface area (Å²) in [5.74, 6) is -0.814. The Hall–Kier alpha value is -0.780. The van der Waals surface area contributed by atoms with Crippen LogP contribution in [0, 0.1) is 5.92 Å². The quantitative estimate of drug-likeness (QED) is 0.734. The van der Waals surface area contributed by atoms with E-state index >= 15 is 0 Å². The second kappa shape index (κ2) is 5.19. The zero-order chi connectivity index (χ0) is 11.4. The first-order chi connectivity index (χ1) is 6.29. The van der Waals surface area contributed by atoms with Gasteiger partial charge in [-0.1, -0.05) is 13.8 Å². The summed E-state index contributed by atoms with van der Waals surface area (Å²) < 4.78 is 35.3. The Bertz CT molecular complexity index is 194. The Labute approximate surface area is 80.3 Å². The molecule has 2 atom stereocenters. The number of carbonyl (C=O) groups excluding carboxylic acids is 1. The van der Waals surface area contributed by atoms with E-state index in [9.17, 15) is 18.0 Å². The fourth-order valence-electron chi connectivity index (χ4n) is 0.673. The van der Waals surface area contributed by atoms with Gasteiger partial charge in [-0.05, 0) is 6.42 Å². The van der Waals surface area contributed by atoms with E-state index in [0.717, 1.165) is 0 Å². The van der Waals surface area contributed by atoms with Gasteiger partial charge in [-0.15, -0.1) is 0 Å². The van der Waals surface area contributed by atoms with E-state index in [1.54, 1.807) is 13.8 Å². The van der Waals surface area contributed by atoms with Crippen LogP contribution in [0.2, 0.25) is 0 Å². The number of carbonyl (C=O) groups is 1. The fourth-order valence-corrected chi connectivity index (χ4v) is 0.673. The molecular formula is C8H14F3NO2. The van der Waals surface area contributed by atoms with E-state index in [-0.39, 0.29) is 5.92 Å². The topological polar surface area (TPSA) is 49.3 Å². The standard InChI is InChI=1S/C8H14F3NO2/c1-3-5(2)7(14)12-4-6(13)8(9,10)11/h5-6,13H,3-4H2,1-2H3,(H,12,14). The molecule has 0 saturated carbocycles. The van der Waals surface area contributed by atoms with Crippen molar-refractivity contribution in [2.75, 3.05) is 6.54 Å². The lowest BCUT2D eigenvalue weighted by Gasteiger charge is -2.16. The molecule has 0 bridgehead atoms. The normalized spacial score (nSPS) is 16.1. The molecular weight excluding hydrogens is 199 g/mol. The van der Waals surface area contributed by atoms with Crippen molar-refractivity contribution in [2.24, 2.45) is 5.92 Å². The Morgan fingerprint density at radius 2 is 2.00 bits per heavy atom. The number of nitrogens with one attached hydrogen (secondary N) is 1. The number of halogens is 3. The molecule has 0 fully saturated rings. The highest BCUT2D eigenvalue weighted by atomic mass is 19.4. The van der Waals surface area contributed by atoms with Crippen LogP contribution < -0.4 is 5.32 Å². The van der Waals surface area contributed by atoms with E-state index in [1.807, 2.05) is 5.32 Å². The van der Waals surface area contributed by atoms with Crippen molar-refractivity contribution in [1.29, 1.82) is 0 Å². The van der Waals surface area contributed by atoms with Crippen molar-refractivity contribution in [3.05, 3.63) is 0 Å². The van der Waals surface area contributed by atoms with Crippen molar-refractivity contribution in [1.82, 2.24) is 5.32 Å². The summed E-state index contributed by atoms with van der Waals surface area (Å²) in [7, 11) is 0. The first kappa shape index (κ1) is 13.2. The Balaban J connectivity index is 3.89. The molecule has 2 N–H and O–H groups in total. The lowest BCUT2D eigenvalue weighted by Crippen LogP contribution is -2.42. The molecule has 0 heterocycles. The minimum atomic E-state index is -4.68.